The van der Waals surface area contributed by atoms with Crippen molar-refractivity contribution >= 4 is 10.0 Å². The first-order valence-electron chi connectivity index (χ1n) is 10.9. The number of benzene rings is 1. The van der Waals surface area contributed by atoms with Gasteiger partial charge in [0.1, 0.15) is 22.2 Å². The monoisotopic (exact) mass is 532 g/mol. The van der Waals surface area contributed by atoms with Gasteiger partial charge < -0.3 is 9.63 Å². The van der Waals surface area contributed by atoms with E-state index in [0.29, 0.717) is 31.5 Å². The van der Waals surface area contributed by atoms with Crippen molar-refractivity contribution in [2.75, 3.05) is 6.61 Å². The molecule has 0 saturated heterocycles. The second-order valence-electron chi connectivity index (χ2n) is 8.40. The molecule has 1 N–H and O–H groups in total. The lowest BCUT2D eigenvalue weighted by Gasteiger charge is -2.38. The number of hydrogen-bond donors (Lipinski definition) is 1. The van der Waals surface area contributed by atoms with Gasteiger partial charge in [0.05, 0.1) is 5.56 Å². The molecule has 3 aromatic rings. The average molecular weight is 532 g/mol. The Morgan fingerprint density at radius 2 is 1.83 bits per heavy atom. The summed E-state index contributed by atoms with van der Waals surface area (Å²) in [6.45, 7) is -0.977. The van der Waals surface area contributed by atoms with Crippen LogP contribution in [0.3, 0.4) is 0 Å². The number of rotatable bonds is 7. The molecule has 2 unspecified atom stereocenters. The maximum absolute atomic E-state index is 15.0. The van der Waals surface area contributed by atoms with Gasteiger partial charge in [-0.05, 0) is 43.0 Å². The van der Waals surface area contributed by atoms with Crippen LogP contribution in [0.1, 0.15) is 36.9 Å². The van der Waals surface area contributed by atoms with Gasteiger partial charge in [0.15, 0.2) is 0 Å². The summed E-state index contributed by atoms with van der Waals surface area (Å²) >= 11 is 0. The highest BCUT2D eigenvalue weighted by Crippen LogP contribution is 2.35. The number of pyridine rings is 1. The largest absolute Gasteiger partial charge is 0.433 e. The normalized spacial score (nSPS) is 19.1. The van der Waals surface area contributed by atoms with Gasteiger partial charge in [-0.2, -0.15) is 22.5 Å². The number of hydrogen-bond acceptors (Lipinski definition) is 7. The van der Waals surface area contributed by atoms with E-state index in [-0.39, 0.29) is 23.6 Å². The topological polar surface area (TPSA) is 109 Å². The van der Waals surface area contributed by atoms with E-state index in [4.69, 9.17) is 0 Å². The summed E-state index contributed by atoms with van der Waals surface area (Å²) in [5.41, 5.74) is -1.88. The highest BCUT2D eigenvalue weighted by molar-refractivity contribution is 7.89. The van der Waals surface area contributed by atoms with Gasteiger partial charge in [-0.15, -0.1) is 0 Å². The lowest BCUT2D eigenvalue weighted by Crippen LogP contribution is -2.46. The second-order valence-corrected chi connectivity index (χ2v) is 10.3. The predicted octanol–water partition coefficient (Wildman–Crippen LogP) is 4.17. The van der Waals surface area contributed by atoms with Crippen LogP contribution < -0.4 is 0 Å². The summed E-state index contributed by atoms with van der Waals surface area (Å²) in [6, 6.07) is 2.13. The minimum Gasteiger partial charge on any atom is -0.396 e. The molecule has 0 bridgehead atoms. The lowest BCUT2D eigenvalue weighted by molar-refractivity contribution is -0.141. The molecule has 0 spiro atoms. The van der Waals surface area contributed by atoms with Crippen molar-refractivity contribution in [3.05, 3.63) is 59.7 Å². The molecular formula is C22H21F5N4O4S. The van der Waals surface area contributed by atoms with E-state index in [1.54, 1.807) is 0 Å². The van der Waals surface area contributed by atoms with E-state index in [1.807, 2.05) is 0 Å². The molecule has 0 aliphatic heterocycles. The summed E-state index contributed by atoms with van der Waals surface area (Å²) in [5.74, 6) is -2.57. The Bertz CT molecular complexity index is 1300. The molecule has 2 heterocycles. The van der Waals surface area contributed by atoms with Crippen LogP contribution in [0.5, 0.6) is 0 Å². The van der Waals surface area contributed by atoms with Crippen LogP contribution in [-0.4, -0.2) is 45.6 Å². The Kier molecular flexibility index (Phi) is 7.38. The molecule has 0 amide bonds. The molecule has 36 heavy (non-hydrogen) atoms. The molecule has 1 aliphatic rings. The average Bonchev–Trinajstić information content (AvgIpc) is 3.38. The number of aliphatic hydroxyl groups excluding tert-OH is 1. The third-order valence-corrected chi connectivity index (χ3v) is 8.03. The zero-order valence-corrected chi connectivity index (χ0v) is 19.4. The molecule has 1 saturated carbocycles. The molecule has 1 fully saturated rings. The van der Waals surface area contributed by atoms with Gasteiger partial charge in [-0.1, -0.05) is 18.0 Å². The van der Waals surface area contributed by atoms with Crippen molar-refractivity contribution in [3.8, 4) is 11.4 Å². The van der Waals surface area contributed by atoms with Crippen molar-refractivity contribution in [3.63, 3.8) is 0 Å². The molecule has 1 aromatic carbocycles. The van der Waals surface area contributed by atoms with Crippen LogP contribution >= 0.6 is 0 Å². The van der Waals surface area contributed by atoms with Gasteiger partial charge >= 0.3 is 6.18 Å². The fraction of sp³-hybridized carbons (Fsp3) is 0.409. The van der Waals surface area contributed by atoms with E-state index >= 15 is 4.39 Å². The fourth-order valence-corrected chi connectivity index (χ4v) is 5.97. The molecule has 0 radical (unpaired) electrons. The third kappa shape index (κ3) is 5.25. The highest BCUT2D eigenvalue weighted by Gasteiger charge is 2.39. The standard InChI is InChI=1S/C22H21F5N4O4S/c23-17-8-16(21-29-12-35-30-21)18(24)7-14(17)10-31(19-4-2-1-3-13(19)11-32)36(33,34)15-5-6-20(28-9-15)22(25,26)27/h5-9,12-13,19,32H,1-4,10-11H2. The highest BCUT2D eigenvalue weighted by atomic mass is 32.2. The Labute approximate surface area is 202 Å². The number of halogens is 5. The predicted molar refractivity (Wildman–Crippen MR) is 114 cm³/mol. The van der Waals surface area contributed by atoms with Gasteiger partial charge in [0.25, 0.3) is 0 Å². The smallest absolute Gasteiger partial charge is 0.396 e. The Morgan fingerprint density at radius 1 is 1.08 bits per heavy atom. The first-order valence-corrected chi connectivity index (χ1v) is 12.4. The van der Waals surface area contributed by atoms with Gasteiger partial charge in [-0.3, -0.25) is 4.98 Å². The summed E-state index contributed by atoms with van der Waals surface area (Å²) < 4.78 is 101. The number of aromatic nitrogens is 3. The molecule has 2 aromatic heterocycles. The number of sulfonamides is 1. The van der Waals surface area contributed by atoms with Crippen LogP contribution in [0, 0.1) is 17.6 Å². The van der Waals surface area contributed by atoms with Crippen LogP contribution in [0.2, 0.25) is 0 Å². The Hall–Kier alpha value is -2.97. The minimum absolute atomic E-state index is 0.203. The van der Waals surface area contributed by atoms with Gasteiger partial charge in [0, 0.05) is 31.0 Å². The van der Waals surface area contributed by atoms with E-state index < -0.39 is 56.9 Å². The number of alkyl halides is 3. The SMILES string of the molecule is O=S(=O)(c1ccc(C(F)(F)F)nc1)N(Cc1cc(F)c(-c2ncon2)cc1F)C1CCCCC1CO. The maximum Gasteiger partial charge on any atom is 0.433 e. The van der Waals surface area contributed by atoms with Gasteiger partial charge in [-0.25, -0.2) is 17.2 Å². The van der Waals surface area contributed by atoms with Crippen LogP contribution in [0.15, 0.2) is 46.3 Å². The third-order valence-electron chi connectivity index (χ3n) is 6.17. The summed E-state index contributed by atoms with van der Waals surface area (Å²) in [6.07, 6.45) is -1.08. The molecule has 1 aliphatic carbocycles. The Balaban J connectivity index is 1.75. The molecule has 14 heteroatoms. The van der Waals surface area contributed by atoms with Crippen LogP contribution in [0.4, 0.5) is 22.0 Å². The quantitative estimate of drug-likeness (QED) is 0.455. The van der Waals surface area contributed by atoms with Crippen molar-refractivity contribution in [2.24, 2.45) is 5.92 Å². The van der Waals surface area contributed by atoms with E-state index in [1.165, 1.54) is 0 Å². The van der Waals surface area contributed by atoms with E-state index in [0.717, 1.165) is 35.3 Å². The Morgan fingerprint density at radius 3 is 2.44 bits per heavy atom. The number of nitrogens with zero attached hydrogens (tertiary/aromatic N) is 4. The van der Waals surface area contributed by atoms with E-state index in [9.17, 15) is 31.1 Å². The lowest BCUT2D eigenvalue weighted by atomic mass is 9.85. The summed E-state index contributed by atoms with van der Waals surface area (Å²) in [5, 5.41) is 13.3. The maximum atomic E-state index is 15.0. The van der Waals surface area contributed by atoms with Crippen molar-refractivity contribution in [2.45, 2.75) is 49.3 Å². The minimum atomic E-state index is -4.77. The van der Waals surface area contributed by atoms with Crippen molar-refractivity contribution in [1.82, 2.24) is 19.4 Å². The van der Waals surface area contributed by atoms with Crippen molar-refractivity contribution < 1.29 is 40.0 Å². The molecule has 4 rings (SSSR count). The summed E-state index contributed by atoms with van der Waals surface area (Å²) in [7, 11) is -4.52. The first-order chi connectivity index (χ1) is 17.0. The molecule has 8 nitrogen and oxygen atoms in total. The number of aliphatic hydroxyl groups is 1. The zero-order chi connectivity index (χ0) is 26.1. The van der Waals surface area contributed by atoms with Gasteiger partial charge in [0.2, 0.25) is 22.2 Å². The van der Waals surface area contributed by atoms with Crippen LogP contribution in [0.25, 0.3) is 11.4 Å². The van der Waals surface area contributed by atoms with E-state index in [2.05, 4.69) is 19.6 Å². The van der Waals surface area contributed by atoms with Crippen molar-refractivity contribution in [1.29, 1.82) is 0 Å². The molecular weight excluding hydrogens is 511 g/mol. The first kappa shape index (κ1) is 26.1. The zero-order valence-electron chi connectivity index (χ0n) is 18.6. The summed E-state index contributed by atoms with van der Waals surface area (Å²) in [4.78, 5) is 6.36. The van der Waals surface area contributed by atoms with Crippen LogP contribution in [-0.2, 0) is 22.7 Å². The fourth-order valence-electron chi connectivity index (χ4n) is 4.33. The molecule has 2 atom stereocenters. The molecule has 194 valence electrons. The second kappa shape index (κ2) is 10.2.